The highest BCUT2D eigenvalue weighted by molar-refractivity contribution is 7.91. The third-order valence-corrected chi connectivity index (χ3v) is 5.04. The van der Waals surface area contributed by atoms with Crippen molar-refractivity contribution in [1.29, 1.82) is 0 Å². The van der Waals surface area contributed by atoms with Crippen molar-refractivity contribution in [1.82, 2.24) is 9.88 Å². The molecule has 0 saturated carbocycles. The van der Waals surface area contributed by atoms with Crippen LogP contribution in [0.4, 0.5) is 0 Å². The highest BCUT2D eigenvalue weighted by Gasteiger charge is 2.10. The number of hydrogen-bond acceptors (Lipinski definition) is 3. The summed E-state index contributed by atoms with van der Waals surface area (Å²) in [6, 6.07) is 8.19. The number of rotatable bonds is 6. The summed E-state index contributed by atoms with van der Waals surface area (Å²) in [5.41, 5.74) is 2.33. The SMILES string of the molecule is CCS(=O)(=O)CCn1ccc2c(CNC)cccc21. The van der Waals surface area contributed by atoms with Gasteiger partial charge in [-0.2, -0.15) is 0 Å². The largest absolute Gasteiger partial charge is 0.346 e. The Morgan fingerprint density at radius 3 is 2.74 bits per heavy atom. The Balaban J connectivity index is 2.28. The van der Waals surface area contributed by atoms with Crippen molar-refractivity contribution in [3.8, 4) is 0 Å². The van der Waals surface area contributed by atoms with Crippen LogP contribution in [0.5, 0.6) is 0 Å². The Labute approximate surface area is 114 Å². The lowest BCUT2D eigenvalue weighted by atomic mass is 10.1. The number of fused-ring (bicyclic) bond motifs is 1. The van der Waals surface area contributed by atoms with Crippen molar-refractivity contribution in [2.75, 3.05) is 18.6 Å². The minimum atomic E-state index is -2.92. The molecule has 1 aromatic carbocycles. The molecule has 0 radical (unpaired) electrons. The summed E-state index contributed by atoms with van der Waals surface area (Å²) in [5, 5.41) is 4.33. The topological polar surface area (TPSA) is 51.1 Å². The van der Waals surface area contributed by atoms with E-state index in [-0.39, 0.29) is 11.5 Å². The van der Waals surface area contributed by atoms with E-state index < -0.39 is 9.84 Å². The zero-order chi connectivity index (χ0) is 13.9. The monoisotopic (exact) mass is 280 g/mol. The van der Waals surface area contributed by atoms with E-state index in [1.54, 1.807) is 6.92 Å². The van der Waals surface area contributed by atoms with Crippen LogP contribution in [0.1, 0.15) is 12.5 Å². The van der Waals surface area contributed by atoms with Gasteiger partial charge in [0.1, 0.15) is 0 Å². The molecule has 0 saturated heterocycles. The van der Waals surface area contributed by atoms with Gasteiger partial charge in [-0.15, -0.1) is 0 Å². The molecule has 0 fully saturated rings. The van der Waals surface area contributed by atoms with E-state index in [0.29, 0.717) is 6.54 Å². The van der Waals surface area contributed by atoms with Gasteiger partial charge in [0.05, 0.1) is 5.75 Å². The first-order valence-electron chi connectivity index (χ1n) is 6.49. The molecule has 2 aromatic rings. The summed E-state index contributed by atoms with van der Waals surface area (Å²) in [6.45, 7) is 3.02. The third kappa shape index (κ3) is 3.16. The average molecular weight is 280 g/mol. The number of nitrogens with one attached hydrogen (secondary N) is 1. The molecule has 0 spiro atoms. The third-order valence-electron chi connectivity index (χ3n) is 3.35. The molecule has 1 heterocycles. The molecule has 0 atom stereocenters. The van der Waals surface area contributed by atoms with Gasteiger partial charge in [0.25, 0.3) is 0 Å². The smallest absolute Gasteiger partial charge is 0.151 e. The summed E-state index contributed by atoms with van der Waals surface area (Å²) in [7, 11) is -0.997. The molecule has 19 heavy (non-hydrogen) atoms. The van der Waals surface area contributed by atoms with Crippen molar-refractivity contribution in [2.45, 2.75) is 20.0 Å². The molecule has 0 aliphatic heterocycles. The standard InChI is InChI=1S/C14H20N2O2S/c1-3-19(17,18)10-9-16-8-7-13-12(11-15-2)5-4-6-14(13)16/h4-8,15H,3,9-11H2,1-2H3. The first-order chi connectivity index (χ1) is 9.07. The minimum absolute atomic E-state index is 0.198. The zero-order valence-corrected chi connectivity index (χ0v) is 12.2. The van der Waals surface area contributed by atoms with E-state index >= 15 is 0 Å². The van der Waals surface area contributed by atoms with E-state index in [4.69, 9.17) is 0 Å². The van der Waals surface area contributed by atoms with Gasteiger partial charge in [-0.1, -0.05) is 19.1 Å². The number of sulfone groups is 1. The molecule has 5 heteroatoms. The molecular formula is C14H20N2O2S. The van der Waals surface area contributed by atoms with Crippen LogP contribution in [0.25, 0.3) is 10.9 Å². The van der Waals surface area contributed by atoms with E-state index in [1.165, 1.54) is 10.9 Å². The van der Waals surface area contributed by atoms with Gasteiger partial charge >= 0.3 is 0 Å². The Morgan fingerprint density at radius 2 is 2.05 bits per heavy atom. The summed E-state index contributed by atoms with van der Waals surface area (Å²) >= 11 is 0. The second-order valence-electron chi connectivity index (χ2n) is 4.63. The Hall–Kier alpha value is -1.33. The average Bonchev–Trinajstić information content (AvgIpc) is 2.81. The molecule has 104 valence electrons. The lowest BCUT2D eigenvalue weighted by molar-refractivity contribution is 0.591. The second-order valence-corrected chi connectivity index (χ2v) is 7.10. The number of aromatic nitrogens is 1. The lowest BCUT2D eigenvalue weighted by Crippen LogP contribution is -2.14. The van der Waals surface area contributed by atoms with Gasteiger partial charge in [0.15, 0.2) is 9.84 Å². The van der Waals surface area contributed by atoms with Crippen LogP contribution < -0.4 is 5.32 Å². The number of benzene rings is 1. The first-order valence-corrected chi connectivity index (χ1v) is 8.31. The highest BCUT2D eigenvalue weighted by atomic mass is 32.2. The molecule has 1 N–H and O–H groups in total. The maximum Gasteiger partial charge on any atom is 0.151 e. The molecule has 0 amide bonds. The van der Waals surface area contributed by atoms with Crippen LogP contribution >= 0.6 is 0 Å². The van der Waals surface area contributed by atoms with Gasteiger partial charge in [-0.25, -0.2) is 8.42 Å². The van der Waals surface area contributed by atoms with Crippen molar-refractivity contribution < 1.29 is 8.42 Å². The van der Waals surface area contributed by atoms with Crippen molar-refractivity contribution in [3.05, 3.63) is 36.0 Å². The fourth-order valence-electron chi connectivity index (χ4n) is 2.21. The van der Waals surface area contributed by atoms with Gasteiger partial charge in [0, 0.05) is 35.9 Å². The normalized spacial score (nSPS) is 12.1. The van der Waals surface area contributed by atoms with Gasteiger partial charge < -0.3 is 9.88 Å². The van der Waals surface area contributed by atoms with Crippen molar-refractivity contribution in [3.63, 3.8) is 0 Å². The van der Waals surface area contributed by atoms with Crippen LogP contribution in [-0.2, 0) is 22.9 Å². The quantitative estimate of drug-likeness (QED) is 0.878. The van der Waals surface area contributed by atoms with Crippen LogP contribution in [-0.4, -0.2) is 31.5 Å². The summed E-state index contributed by atoms with van der Waals surface area (Å²) in [6.07, 6.45) is 1.97. The lowest BCUT2D eigenvalue weighted by Gasteiger charge is -2.07. The summed E-state index contributed by atoms with van der Waals surface area (Å²) < 4.78 is 25.2. The fourth-order valence-corrected chi connectivity index (χ4v) is 2.97. The summed E-state index contributed by atoms with van der Waals surface area (Å²) in [5.74, 6) is 0.404. The molecule has 0 unspecified atom stereocenters. The predicted molar refractivity (Wildman–Crippen MR) is 79.0 cm³/mol. The minimum Gasteiger partial charge on any atom is -0.346 e. The maximum absolute atomic E-state index is 11.6. The van der Waals surface area contributed by atoms with Crippen molar-refractivity contribution >= 4 is 20.7 Å². The summed E-state index contributed by atoms with van der Waals surface area (Å²) in [4.78, 5) is 0. The molecule has 0 bridgehead atoms. The molecule has 4 nitrogen and oxygen atoms in total. The van der Waals surface area contributed by atoms with Crippen LogP contribution in [0.3, 0.4) is 0 Å². The molecular weight excluding hydrogens is 260 g/mol. The van der Waals surface area contributed by atoms with Crippen molar-refractivity contribution in [2.24, 2.45) is 0 Å². The Morgan fingerprint density at radius 1 is 1.26 bits per heavy atom. The molecule has 0 aliphatic rings. The predicted octanol–water partition coefficient (Wildman–Crippen LogP) is 1.80. The van der Waals surface area contributed by atoms with Gasteiger partial charge in [-0.3, -0.25) is 0 Å². The van der Waals surface area contributed by atoms with Gasteiger partial charge in [0.2, 0.25) is 0 Å². The molecule has 2 rings (SSSR count). The fraction of sp³-hybridized carbons (Fsp3) is 0.429. The Kier molecular flexibility index (Phi) is 4.27. The maximum atomic E-state index is 11.6. The van der Waals surface area contributed by atoms with E-state index in [2.05, 4.69) is 17.4 Å². The first kappa shape index (κ1) is 14.1. The van der Waals surface area contributed by atoms with E-state index in [9.17, 15) is 8.42 Å². The number of nitrogens with zero attached hydrogens (tertiary/aromatic N) is 1. The molecule has 0 aliphatic carbocycles. The number of aryl methyl sites for hydroxylation is 1. The zero-order valence-electron chi connectivity index (χ0n) is 11.4. The van der Waals surface area contributed by atoms with Crippen LogP contribution in [0, 0.1) is 0 Å². The van der Waals surface area contributed by atoms with E-state index in [1.807, 2.05) is 29.9 Å². The van der Waals surface area contributed by atoms with Gasteiger partial charge in [-0.05, 0) is 24.7 Å². The highest BCUT2D eigenvalue weighted by Crippen LogP contribution is 2.20. The van der Waals surface area contributed by atoms with Crippen LogP contribution in [0.2, 0.25) is 0 Å². The Bertz CT molecular complexity index is 659. The second kappa shape index (κ2) is 5.75. The molecule has 1 aromatic heterocycles. The number of hydrogen-bond donors (Lipinski definition) is 1. The van der Waals surface area contributed by atoms with Crippen LogP contribution in [0.15, 0.2) is 30.5 Å². The van der Waals surface area contributed by atoms with E-state index in [0.717, 1.165) is 12.1 Å².